The lowest BCUT2D eigenvalue weighted by Crippen LogP contribution is -2.28. The maximum Gasteiger partial charge on any atom is 0.175 e. The lowest BCUT2D eigenvalue weighted by molar-refractivity contribution is 0.170. The number of benzene rings is 1. The minimum absolute atomic E-state index is 0.171. The van der Waals surface area contributed by atoms with Crippen LogP contribution in [0.3, 0.4) is 0 Å². The van der Waals surface area contributed by atoms with Gasteiger partial charge in [-0.3, -0.25) is 0 Å². The Hall–Kier alpha value is -0.740. The van der Waals surface area contributed by atoms with Crippen LogP contribution in [0, 0.1) is 5.92 Å². The molecular formula is C13H18BrNO2. The van der Waals surface area contributed by atoms with Crippen LogP contribution in [0.25, 0.3) is 0 Å². The van der Waals surface area contributed by atoms with Crippen molar-refractivity contribution < 1.29 is 9.47 Å². The predicted octanol–water partition coefficient (Wildman–Crippen LogP) is 2.75. The number of halogens is 1. The number of fused-ring (bicyclic) bond motifs is 1. The van der Waals surface area contributed by atoms with E-state index < -0.39 is 0 Å². The summed E-state index contributed by atoms with van der Waals surface area (Å²) in [5, 5.41) is 0. The van der Waals surface area contributed by atoms with Crippen LogP contribution in [0.15, 0.2) is 16.6 Å². The summed E-state index contributed by atoms with van der Waals surface area (Å²) in [7, 11) is 0. The fourth-order valence-electron chi connectivity index (χ4n) is 1.79. The maximum absolute atomic E-state index is 6.09. The van der Waals surface area contributed by atoms with E-state index in [4.69, 9.17) is 15.2 Å². The smallest absolute Gasteiger partial charge is 0.175 e. The molecular weight excluding hydrogens is 282 g/mol. The third-order valence-electron chi connectivity index (χ3n) is 2.98. The first-order chi connectivity index (χ1) is 8.08. The van der Waals surface area contributed by atoms with Crippen LogP contribution in [0.5, 0.6) is 11.5 Å². The molecule has 1 heterocycles. The van der Waals surface area contributed by atoms with Crippen LogP contribution in [0.4, 0.5) is 0 Å². The van der Waals surface area contributed by atoms with Crippen molar-refractivity contribution in [3.05, 3.63) is 22.2 Å². The first-order valence-corrected chi connectivity index (χ1v) is 6.71. The summed E-state index contributed by atoms with van der Waals surface area (Å²) >= 11 is 3.51. The molecule has 1 atom stereocenters. The van der Waals surface area contributed by atoms with Gasteiger partial charge in [-0.15, -0.1) is 0 Å². The third kappa shape index (κ3) is 2.93. The fourth-order valence-corrected chi connectivity index (χ4v) is 2.39. The Bertz CT molecular complexity index is 407. The van der Waals surface area contributed by atoms with Crippen molar-refractivity contribution in [1.82, 2.24) is 0 Å². The molecule has 3 nitrogen and oxygen atoms in total. The van der Waals surface area contributed by atoms with Gasteiger partial charge in [0, 0.05) is 6.04 Å². The Morgan fingerprint density at radius 3 is 2.71 bits per heavy atom. The van der Waals surface area contributed by atoms with Crippen LogP contribution in [0.2, 0.25) is 0 Å². The largest absolute Gasteiger partial charge is 0.486 e. The van der Waals surface area contributed by atoms with Crippen molar-refractivity contribution in [3.63, 3.8) is 0 Å². The lowest BCUT2D eigenvalue weighted by atomic mass is 9.97. The summed E-state index contributed by atoms with van der Waals surface area (Å²) in [6.45, 7) is 5.49. The summed E-state index contributed by atoms with van der Waals surface area (Å²) in [5.74, 6) is 2.09. The van der Waals surface area contributed by atoms with Crippen molar-refractivity contribution in [2.75, 3.05) is 13.2 Å². The van der Waals surface area contributed by atoms with Gasteiger partial charge in [-0.25, -0.2) is 0 Å². The van der Waals surface area contributed by atoms with Crippen LogP contribution in [0.1, 0.15) is 19.4 Å². The Morgan fingerprint density at radius 2 is 2.00 bits per heavy atom. The molecule has 0 saturated carbocycles. The summed E-state index contributed by atoms with van der Waals surface area (Å²) in [6, 6.07) is 4.27. The van der Waals surface area contributed by atoms with Crippen molar-refractivity contribution in [2.24, 2.45) is 11.7 Å². The second-order valence-electron chi connectivity index (χ2n) is 4.71. The van der Waals surface area contributed by atoms with Gasteiger partial charge in [0.1, 0.15) is 13.2 Å². The van der Waals surface area contributed by atoms with E-state index in [0.29, 0.717) is 19.1 Å². The molecule has 2 rings (SSSR count). The van der Waals surface area contributed by atoms with E-state index in [9.17, 15) is 0 Å². The van der Waals surface area contributed by atoms with Crippen molar-refractivity contribution in [1.29, 1.82) is 0 Å². The monoisotopic (exact) mass is 299 g/mol. The zero-order valence-electron chi connectivity index (χ0n) is 10.2. The third-order valence-corrected chi connectivity index (χ3v) is 3.57. The van der Waals surface area contributed by atoms with Gasteiger partial charge < -0.3 is 15.2 Å². The fraction of sp³-hybridized carbons (Fsp3) is 0.538. The molecule has 0 bridgehead atoms. The molecule has 0 spiro atoms. The van der Waals surface area contributed by atoms with E-state index in [1.807, 2.05) is 6.07 Å². The number of rotatable bonds is 3. The Kier molecular flexibility index (Phi) is 3.94. The van der Waals surface area contributed by atoms with E-state index >= 15 is 0 Å². The van der Waals surface area contributed by atoms with Gasteiger partial charge in [0.15, 0.2) is 11.5 Å². The molecule has 0 aromatic heterocycles. The Balaban J connectivity index is 2.22. The van der Waals surface area contributed by atoms with Crippen LogP contribution in [-0.2, 0) is 6.42 Å². The van der Waals surface area contributed by atoms with Crippen molar-refractivity contribution >= 4 is 15.9 Å². The Morgan fingerprint density at radius 1 is 1.29 bits per heavy atom. The van der Waals surface area contributed by atoms with Gasteiger partial charge >= 0.3 is 0 Å². The van der Waals surface area contributed by atoms with Gasteiger partial charge in [0.2, 0.25) is 0 Å². The molecule has 17 heavy (non-hydrogen) atoms. The predicted molar refractivity (Wildman–Crippen MR) is 71.6 cm³/mol. The van der Waals surface area contributed by atoms with Crippen molar-refractivity contribution in [3.8, 4) is 11.5 Å². The van der Waals surface area contributed by atoms with E-state index in [1.54, 1.807) is 0 Å². The highest BCUT2D eigenvalue weighted by molar-refractivity contribution is 9.10. The van der Waals surface area contributed by atoms with Gasteiger partial charge in [0.25, 0.3) is 0 Å². The van der Waals surface area contributed by atoms with Gasteiger partial charge in [-0.1, -0.05) is 13.8 Å². The lowest BCUT2D eigenvalue weighted by Gasteiger charge is -2.22. The highest BCUT2D eigenvalue weighted by Gasteiger charge is 2.17. The minimum atomic E-state index is 0.171. The summed E-state index contributed by atoms with van der Waals surface area (Å²) in [5.41, 5.74) is 7.27. The molecule has 0 radical (unpaired) electrons. The van der Waals surface area contributed by atoms with Gasteiger partial charge in [0.05, 0.1) is 4.47 Å². The number of hydrogen-bond donors (Lipinski definition) is 1. The second-order valence-corrected chi connectivity index (χ2v) is 5.57. The van der Waals surface area contributed by atoms with E-state index in [1.165, 1.54) is 5.56 Å². The zero-order valence-corrected chi connectivity index (χ0v) is 11.8. The maximum atomic E-state index is 6.09. The molecule has 1 aromatic carbocycles. The van der Waals surface area contributed by atoms with Crippen LogP contribution < -0.4 is 15.2 Å². The van der Waals surface area contributed by atoms with Gasteiger partial charge in [-0.2, -0.15) is 0 Å². The average molecular weight is 300 g/mol. The quantitative estimate of drug-likeness (QED) is 0.933. The van der Waals surface area contributed by atoms with Crippen LogP contribution in [-0.4, -0.2) is 19.3 Å². The van der Waals surface area contributed by atoms with Gasteiger partial charge in [-0.05, 0) is 46.0 Å². The molecule has 1 aromatic rings. The Labute approximate surface area is 110 Å². The SMILES string of the molecule is CC(C)C(N)Cc1cc(Br)c2c(c1)OCCO2. The summed E-state index contributed by atoms with van der Waals surface area (Å²) < 4.78 is 12.1. The highest BCUT2D eigenvalue weighted by Crippen LogP contribution is 2.38. The molecule has 2 N–H and O–H groups in total. The molecule has 1 aliphatic heterocycles. The van der Waals surface area contributed by atoms with Crippen molar-refractivity contribution in [2.45, 2.75) is 26.3 Å². The zero-order chi connectivity index (χ0) is 12.4. The second kappa shape index (κ2) is 5.27. The standard InChI is InChI=1S/C13H18BrNO2/c1-8(2)11(15)6-9-5-10(14)13-12(7-9)16-3-4-17-13/h5,7-8,11H,3-4,6,15H2,1-2H3. The molecule has 4 heteroatoms. The first kappa shape index (κ1) is 12.7. The molecule has 1 aliphatic rings. The molecule has 94 valence electrons. The number of hydrogen-bond acceptors (Lipinski definition) is 3. The first-order valence-electron chi connectivity index (χ1n) is 5.91. The minimum Gasteiger partial charge on any atom is -0.486 e. The van der Waals surface area contributed by atoms with E-state index in [2.05, 4.69) is 35.8 Å². The topological polar surface area (TPSA) is 44.5 Å². The molecule has 0 amide bonds. The van der Waals surface area contributed by atoms with E-state index in [-0.39, 0.29) is 6.04 Å². The molecule has 0 saturated heterocycles. The average Bonchev–Trinajstić information content (AvgIpc) is 2.29. The van der Waals surface area contributed by atoms with Crippen LogP contribution >= 0.6 is 15.9 Å². The molecule has 0 fully saturated rings. The number of nitrogens with two attached hydrogens (primary N) is 1. The summed E-state index contributed by atoms with van der Waals surface area (Å²) in [4.78, 5) is 0. The molecule has 0 aliphatic carbocycles. The summed E-state index contributed by atoms with van der Waals surface area (Å²) in [6.07, 6.45) is 0.854. The van der Waals surface area contributed by atoms with E-state index in [0.717, 1.165) is 22.4 Å². The number of ether oxygens (including phenoxy) is 2. The molecule has 1 unspecified atom stereocenters. The normalized spacial score (nSPS) is 16.1. The highest BCUT2D eigenvalue weighted by atomic mass is 79.9.